The maximum atomic E-state index is 13.5. The van der Waals surface area contributed by atoms with Gasteiger partial charge >= 0.3 is 11.9 Å². The molecule has 1 N–H and O–H groups in total. The lowest BCUT2D eigenvalue weighted by molar-refractivity contribution is -0.138. The van der Waals surface area contributed by atoms with Crippen molar-refractivity contribution >= 4 is 17.6 Å². The molecule has 0 aromatic heterocycles. The molecule has 44 heavy (non-hydrogen) atoms. The third-order valence-electron chi connectivity index (χ3n) is 9.78. The molecule has 4 aliphatic rings. The molecule has 0 spiro atoms. The molecular formula is C33H40N2O9. The van der Waals surface area contributed by atoms with Crippen LogP contribution in [0.5, 0.6) is 23.0 Å². The van der Waals surface area contributed by atoms with Gasteiger partial charge in [0.15, 0.2) is 17.6 Å². The van der Waals surface area contributed by atoms with E-state index in [-0.39, 0.29) is 29.5 Å². The molecule has 0 bridgehead atoms. The number of carbonyl (C=O) groups excluding carboxylic acids is 2. The molecule has 6 atom stereocenters. The van der Waals surface area contributed by atoms with Crippen molar-refractivity contribution in [3.63, 3.8) is 0 Å². The number of esters is 2. The predicted octanol–water partition coefficient (Wildman–Crippen LogP) is 4.01. The Bertz CT molecular complexity index is 1450. The van der Waals surface area contributed by atoms with Gasteiger partial charge in [-0.3, -0.25) is 4.90 Å². The molecule has 0 amide bonds. The molecule has 0 saturated carbocycles. The number of nitrogens with one attached hydrogen (secondary N) is 1. The second-order valence-electron chi connectivity index (χ2n) is 11.7. The number of benzene rings is 2. The maximum Gasteiger partial charge on any atom is 0.339 e. The fourth-order valence-electron chi connectivity index (χ4n) is 7.82. The van der Waals surface area contributed by atoms with Gasteiger partial charge in [-0.25, -0.2) is 9.59 Å². The standard InChI is InChI=1S/C33H40N2O9/c1-38-19-7-8-20-21-9-10-35-16-18-13-27(44-32(36)17-11-25(39-2)30(41-4)26(12-17)40-3)31(42-5)28(33(37)43-6)22(18)15-24(35)29(21)34-23(20)14-19/h7-8,11-12,14,18,21-22,24,27,29,34H,9-10,13,15-16H2,1-6H3. The number of carbonyl (C=O) groups is 2. The largest absolute Gasteiger partial charge is 0.497 e. The summed E-state index contributed by atoms with van der Waals surface area (Å²) >= 11 is 0. The highest BCUT2D eigenvalue weighted by molar-refractivity contribution is 5.92. The lowest BCUT2D eigenvalue weighted by Gasteiger charge is -2.52. The molecular weight excluding hydrogens is 568 g/mol. The van der Waals surface area contributed by atoms with Gasteiger partial charge < -0.3 is 38.5 Å². The number of methoxy groups -OCH3 is 6. The summed E-state index contributed by atoms with van der Waals surface area (Å²) in [4.78, 5) is 29.4. The number of piperidine rings is 2. The first-order valence-corrected chi connectivity index (χ1v) is 14.9. The van der Waals surface area contributed by atoms with Crippen LogP contribution in [-0.4, -0.2) is 90.8 Å². The van der Waals surface area contributed by atoms with Gasteiger partial charge in [0.1, 0.15) is 11.5 Å². The SMILES string of the molecule is COC(=O)C1=C(OC)C(OC(=O)c2cc(OC)c(OC)c(OC)c2)CC2CN3CCC4c5ccc(OC)cc5NC4C3CC12. The third kappa shape index (κ3) is 4.96. The first-order valence-electron chi connectivity index (χ1n) is 14.9. The van der Waals surface area contributed by atoms with E-state index in [0.29, 0.717) is 40.9 Å². The second kappa shape index (κ2) is 12.1. The highest BCUT2D eigenvalue weighted by Gasteiger charge is 2.52. The minimum atomic E-state index is -0.766. The van der Waals surface area contributed by atoms with E-state index >= 15 is 0 Å². The van der Waals surface area contributed by atoms with Crippen molar-refractivity contribution in [2.24, 2.45) is 11.8 Å². The van der Waals surface area contributed by atoms with Crippen LogP contribution < -0.4 is 24.3 Å². The average Bonchev–Trinajstić information content (AvgIpc) is 3.43. The molecule has 2 aromatic carbocycles. The van der Waals surface area contributed by atoms with E-state index in [1.54, 1.807) is 19.2 Å². The van der Waals surface area contributed by atoms with Crippen molar-refractivity contribution < 1.29 is 42.7 Å². The average molecular weight is 609 g/mol. The Labute approximate surface area is 257 Å². The monoisotopic (exact) mass is 608 g/mol. The summed E-state index contributed by atoms with van der Waals surface area (Å²) in [6, 6.07) is 9.78. The number of hydrogen-bond acceptors (Lipinski definition) is 11. The zero-order valence-electron chi connectivity index (χ0n) is 26.0. The van der Waals surface area contributed by atoms with E-state index in [9.17, 15) is 9.59 Å². The van der Waals surface area contributed by atoms with Gasteiger partial charge in [-0.2, -0.15) is 0 Å². The van der Waals surface area contributed by atoms with Crippen LogP contribution in [0.4, 0.5) is 5.69 Å². The molecule has 236 valence electrons. The van der Waals surface area contributed by atoms with E-state index in [1.807, 2.05) is 6.07 Å². The Morgan fingerprint density at radius 2 is 1.59 bits per heavy atom. The Balaban J connectivity index is 1.29. The lowest BCUT2D eigenvalue weighted by atomic mass is 9.67. The first-order chi connectivity index (χ1) is 21.3. The smallest absolute Gasteiger partial charge is 0.339 e. The van der Waals surface area contributed by atoms with E-state index < -0.39 is 18.0 Å². The van der Waals surface area contributed by atoms with Gasteiger partial charge in [0.2, 0.25) is 5.75 Å². The fourth-order valence-corrected chi connectivity index (χ4v) is 7.82. The van der Waals surface area contributed by atoms with E-state index in [2.05, 4.69) is 22.3 Å². The van der Waals surface area contributed by atoms with Crippen LogP contribution in [0.1, 0.15) is 41.1 Å². The summed E-state index contributed by atoms with van der Waals surface area (Å²) in [6.45, 7) is 1.72. The minimum absolute atomic E-state index is 0.0670. The van der Waals surface area contributed by atoms with Crippen molar-refractivity contribution in [3.05, 3.63) is 52.8 Å². The number of ether oxygens (including phenoxy) is 7. The summed E-state index contributed by atoms with van der Waals surface area (Å²) in [5.74, 6) is 1.51. The molecule has 11 heteroatoms. The number of fused-ring (bicyclic) bond motifs is 6. The van der Waals surface area contributed by atoms with Crippen LogP contribution in [0.15, 0.2) is 41.7 Å². The summed E-state index contributed by atoms with van der Waals surface area (Å²) in [5.41, 5.74) is 3.12. The van der Waals surface area contributed by atoms with Gasteiger partial charge in [-0.1, -0.05) is 6.07 Å². The third-order valence-corrected chi connectivity index (χ3v) is 9.78. The summed E-state index contributed by atoms with van der Waals surface area (Å²) in [6.07, 6.45) is 1.55. The molecule has 1 aliphatic carbocycles. The van der Waals surface area contributed by atoms with E-state index in [0.717, 1.165) is 37.4 Å². The molecule has 11 nitrogen and oxygen atoms in total. The highest BCUT2D eigenvalue weighted by Crippen LogP contribution is 2.51. The van der Waals surface area contributed by atoms with E-state index in [4.69, 9.17) is 33.2 Å². The predicted molar refractivity (Wildman–Crippen MR) is 161 cm³/mol. The maximum absolute atomic E-state index is 13.5. The van der Waals surface area contributed by atoms with Crippen LogP contribution >= 0.6 is 0 Å². The summed E-state index contributed by atoms with van der Waals surface area (Å²) < 4.78 is 38.9. The van der Waals surface area contributed by atoms with Crippen molar-refractivity contribution in [3.8, 4) is 23.0 Å². The molecule has 0 radical (unpaired) electrons. The van der Waals surface area contributed by atoms with Crippen molar-refractivity contribution in [2.45, 2.75) is 43.4 Å². The summed E-state index contributed by atoms with van der Waals surface area (Å²) in [7, 11) is 9.02. The van der Waals surface area contributed by atoms with Crippen LogP contribution in [0.2, 0.25) is 0 Å². The number of anilines is 1. The molecule has 6 unspecified atom stereocenters. The van der Waals surface area contributed by atoms with Crippen molar-refractivity contribution in [1.82, 2.24) is 4.90 Å². The van der Waals surface area contributed by atoms with Crippen molar-refractivity contribution in [1.29, 1.82) is 0 Å². The Morgan fingerprint density at radius 1 is 0.841 bits per heavy atom. The highest BCUT2D eigenvalue weighted by atomic mass is 16.6. The van der Waals surface area contributed by atoms with Crippen molar-refractivity contribution in [2.75, 3.05) is 61.1 Å². The fraction of sp³-hybridized carbons (Fsp3) is 0.515. The zero-order chi connectivity index (χ0) is 31.1. The zero-order valence-corrected chi connectivity index (χ0v) is 26.0. The van der Waals surface area contributed by atoms with Gasteiger partial charge in [0, 0.05) is 42.2 Å². The van der Waals surface area contributed by atoms with Gasteiger partial charge in [0.25, 0.3) is 0 Å². The van der Waals surface area contributed by atoms with Gasteiger partial charge in [0.05, 0.1) is 53.8 Å². The quantitative estimate of drug-likeness (QED) is 0.439. The number of rotatable bonds is 8. The molecule has 3 heterocycles. The van der Waals surface area contributed by atoms with Gasteiger partial charge in [-0.15, -0.1) is 0 Å². The van der Waals surface area contributed by atoms with Crippen LogP contribution in [-0.2, 0) is 19.0 Å². The van der Waals surface area contributed by atoms with Gasteiger partial charge in [-0.05, 0) is 55.5 Å². The summed E-state index contributed by atoms with van der Waals surface area (Å²) in [5, 5.41) is 3.79. The van der Waals surface area contributed by atoms with Crippen LogP contribution in [0.25, 0.3) is 0 Å². The Morgan fingerprint density at radius 3 is 2.23 bits per heavy atom. The van der Waals surface area contributed by atoms with E-state index in [1.165, 1.54) is 41.1 Å². The second-order valence-corrected chi connectivity index (χ2v) is 11.7. The minimum Gasteiger partial charge on any atom is -0.497 e. The molecule has 3 aliphatic heterocycles. The van der Waals surface area contributed by atoms with Crippen LogP contribution in [0, 0.1) is 11.8 Å². The normalized spacial score (nSPS) is 27.0. The molecule has 2 aromatic rings. The number of nitrogens with zero attached hydrogens (tertiary/aromatic N) is 1. The number of hydrogen-bond donors (Lipinski definition) is 1. The first kappa shape index (κ1) is 29.9. The molecule has 2 saturated heterocycles. The lowest BCUT2D eigenvalue weighted by Crippen LogP contribution is -2.60. The molecule has 2 fully saturated rings. The topological polar surface area (TPSA) is 114 Å². The Kier molecular flexibility index (Phi) is 8.24. The van der Waals surface area contributed by atoms with Crippen LogP contribution in [0.3, 0.4) is 0 Å². The molecule has 6 rings (SSSR count). The Hall–Kier alpha value is -4.12.